The van der Waals surface area contributed by atoms with Crippen LogP contribution < -0.4 is 11.3 Å². The van der Waals surface area contributed by atoms with Gasteiger partial charge < -0.3 is 5.73 Å². The number of nitrogens with zero attached hydrogens (tertiary/aromatic N) is 4. The Bertz CT molecular complexity index is 1220. The number of fused-ring (bicyclic) bond motifs is 1. The highest BCUT2D eigenvalue weighted by atomic mass is 16.1. The Hall–Kier alpha value is -3.48. The van der Waals surface area contributed by atoms with Gasteiger partial charge in [-0.05, 0) is 44.2 Å². The second-order valence-electron chi connectivity index (χ2n) is 7.16. The van der Waals surface area contributed by atoms with Crippen LogP contribution in [0.15, 0.2) is 41.2 Å². The fourth-order valence-corrected chi connectivity index (χ4v) is 3.80. The monoisotopic (exact) mass is 388 g/mol. The second kappa shape index (κ2) is 7.50. The average molecular weight is 388 g/mol. The Morgan fingerprint density at radius 1 is 1.03 bits per heavy atom. The first kappa shape index (κ1) is 18.9. The summed E-state index contributed by atoms with van der Waals surface area (Å²) in [6.07, 6.45) is 2.11. The normalized spacial score (nSPS) is 11.3. The van der Waals surface area contributed by atoms with Gasteiger partial charge in [-0.2, -0.15) is 0 Å². The van der Waals surface area contributed by atoms with Crippen LogP contribution in [0.2, 0.25) is 0 Å². The van der Waals surface area contributed by atoms with Crippen molar-refractivity contribution in [3.8, 4) is 11.1 Å². The molecule has 29 heavy (non-hydrogen) atoms. The highest BCUT2D eigenvalue weighted by molar-refractivity contribution is 5.79. The van der Waals surface area contributed by atoms with Gasteiger partial charge in [0.25, 0.3) is 5.56 Å². The molecular formula is C22H24N6O. The first-order chi connectivity index (χ1) is 14.0. The summed E-state index contributed by atoms with van der Waals surface area (Å²) in [7, 11) is 0. The molecule has 3 aromatic heterocycles. The van der Waals surface area contributed by atoms with E-state index < -0.39 is 0 Å². The Morgan fingerprint density at radius 3 is 2.38 bits per heavy atom. The quantitative estimate of drug-likeness (QED) is 0.547. The van der Waals surface area contributed by atoms with E-state index in [1.807, 2.05) is 44.2 Å². The summed E-state index contributed by atoms with van der Waals surface area (Å²) in [6, 6.07) is 11.6. The molecule has 4 aromatic rings. The number of H-pyrrole nitrogens is 1. The number of hydrogen-bond acceptors (Lipinski definition) is 5. The van der Waals surface area contributed by atoms with Crippen LogP contribution in [0.3, 0.4) is 0 Å². The van der Waals surface area contributed by atoms with Gasteiger partial charge in [0.1, 0.15) is 0 Å². The van der Waals surface area contributed by atoms with Crippen molar-refractivity contribution in [2.24, 2.45) is 0 Å². The summed E-state index contributed by atoms with van der Waals surface area (Å²) in [5.74, 6) is 0.286. The van der Waals surface area contributed by atoms with E-state index in [1.54, 1.807) is 6.07 Å². The maximum absolute atomic E-state index is 12.8. The van der Waals surface area contributed by atoms with Crippen molar-refractivity contribution in [2.45, 2.75) is 40.0 Å². The molecule has 7 nitrogen and oxygen atoms in total. The molecule has 4 rings (SSSR count). The van der Waals surface area contributed by atoms with Crippen molar-refractivity contribution in [3.05, 3.63) is 75.1 Å². The highest BCUT2D eigenvalue weighted by Crippen LogP contribution is 2.27. The van der Waals surface area contributed by atoms with E-state index in [9.17, 15) is 4.79 Å². The van der Waals surface area contributed by atoms with Crippen LogP contribution in [0.25, 0.3) is 16.8 Å². The van der Waals surface area contributed by atoms with E-state index in [2.05, 4.69) is 22.0 Å². The van der Waals surface area contributed by atoms with Crippen molar-refractivity contribution in [3.63, 3.8) is 0 Å². The zero-order valence-corrected chi connectivity index (χ0v) is 16.9. The van der Waals surface area contributed by atoms with Crippen LogP contribution >= 0.6 is 0 Å². The van der Waals surface area contributed by atoms with E-state index in [0.717, 1.165) is 45.9 Å². The Kier molecular flexibility index (Phi) is 4.88. The number of anilines is 1. The lowest BCUT2D eigenvalue weighted by atomic mass is 10.0. The molecule has 0 saturated carbocycles. The maximum Gasteiger partial charge on any atom is 0.272 e. The molecule has 0 bridgehead atoms. The molecule has 3 N–H and O–H groups in total. The van der Waals surface area contributed by atoms with Crippen LogP contribution in [0.5, 0.6) is 0 Å². The molecule has 0 aliphatic carbocycles. The number of nitrogens with two attached hydrogens (primary N) is 1. The molecule has 0 fully saturated rings. The minimum atomic E-state index is -0.108. The standard InChI is InChI=1S/C22H24N6O/c1-4-18-20(15-8-6-5-7-9-15)21-26-16(12-19(29)28(21)27-18)10-11-17-13(2)24-22(23)25-14(17)3/h5-9,12,27H,4,10-11H2,1-3H3,(H2,23,24,25). The van der Waals surface area contributed by atoms with Gasteiger partial charge in [0.15, 0.2) is 5.65 Å². The van der Waals surface area contributed by atoms with E-state index >= 15 is 0 Å². The number of aromatic amines is 1. The van der Waals surface area contributed by atoms with Crippen LogP contribution in [0.1, 0.15) is 35.3 Å². The molecular weight excluding hydrogens is 364 g/mol. The number of rotatable bonds is 5. The molecule has 3 heterocycles. The molecule has 0 unspecified atom stereocenters. The predicted octanol–water partition coefficient (Wildman–Crippen LogP) is 3.03. The number of aryl methyl sites for hydroxylation is 4. The van der Waals surface area contributed by atoms with Gasteiger partial charge in [0.2, 0.25) is 5.95 Å². The Labute approximate surface area is 168 Å². The van der Waals surface area contributed by atoms with Crippen LogP contribution in [-0.4, -0.2) is 24.6 Å². The minimum absolute atomic E-state index is 0.108. The SMILES string of the molecule is CCc1[nH]n2c(=O)cc(CCc3c(C)nc(N)nc3C)nc2c1-c1ccccc1. The van der Waals surface area contributed by atoms with Gasteiger partial charge in [0, 0.05) is 34.4 Å². The van der Waals surface area contributed by atoms with Crippen molar-refractivity contribution >= 4 is 11.6 Å². The molecule has 0 aliphatic rings. The molecule has 148 valence electrons. The number of nitrogen functional groups attached to an aromatic ring is 1. The summed E-state index contributed by atoms with van der Waals surface area (Å²) in [5.41, 5.74) is 12.8. The number of benzene rings is 1. The lowest BCUT2D eigenvalue weighted by molar-refractivity contribution is 0.823. The summed E-state index contributed by atoms with van der Waals surface area (Å²) < 4.78 is 1.54. The summed E-state index contributed by atoms with van der Waals surface area (Å²) in [6.45, 7) is 5.92. The molecule has 7 heteroatoms. The van der Waals surface area contributed by atoms with Gasteiger partial charge in [-0.3, -0.25) is 9.89 Å². The largest absolute Gasteiger partial charge is 0.368 e. The fraction of sp³-hybridized carbons (Fsp3) is 0.273. The van der Waals surface area contributed by atoms with Crippen molar-refractivity contribution in [1.29, 1.82) is 0 Å². The Balaban J connectivity index is 1.77. The van der Waals surface area contributed by atoms with E-state index in [0.29, 0.717) is 18.5 Å². The van der Waals surface area contributed by atoms with E-state index in [1.165, 1.54) is 4.52 Å². The molecule has 0 amide bonds. The van der Waals surface area contributed by atoms with Crippen LogP contribution in [0, 0.1) is 13.8 Å². The van der Waals surface area contributed by atoms with Crippen molar-refractivity contribution in [2.75, 3.05) is 5.73 Å². The topological polar surface area (TPSA) is 102 Å². The summed E-state index contributed by atoms with van der Waals surface area (Å²) in [5, 5.41) is 3.21. The zero-order valence-electron chi connectivity index (χ0n) is 16.9. The molecule has 0 aliphatic heterocycles. The number of hydrogen-bond donors (Lipinski definition) is 2. The smallest absolute Gasteiger partial charge is 0.272 e. The maximum atomic E-state index is 12.8. The van der Waals surface area contributed by atoms with Gasteiger partial charge in [0.05, 0.1) is 0 Å². The molecule has 0 spiro atoms. The number of nitrogens with one attached hydrogen (secondary N) is 1. The predicted molar refractivity (Wildman–Crippen MR) is 114 cm³/mol. The van der Waals surface area contributed by atoms with Crippen molar-refractivity contribution in [1.82, 2.24) is 24.6 Å². The Morgan fingerprint density at radius 2 is 1.72 bits per heavy atom. The molecule has 0 atom stereocenters. The van der Waals surface area contributed by atoms with Crippen LogP contribution in [-0.2, 0) is 19.3 Å². The van der Waals surface area contributed by atoms with Crippen LogP contribution in [0.4, 0.5) is 5.95 Å². The molecule has 0 saturated heterocycles. The first-order valence-electron chi connectivity index (χ1n) is 9.76. The minimum Gasteiger partial charge on any atom is -0.368 e. The third-order valence-corrected chi connectivity index (χ3v) is 5.23. The lowest BCUT2D eigenvalue weighted by Gasteiger charge is -2.09. The van der Waals surface area contributed by atoms with Gasteiger partial charge in [-0.25, -0.2) is 19.5 Å². The first-order valence-corrected chi connectivity index (χ1v) is 9.76. The fourth-order valence-electron chi connectivity index (χ4n) is 3.80. The van der Waals surface area contributed by atoms with E-state index in [4.69, 9.17) is 10.7 Å². The second-order valence-corrected chi connectivity index (χ2v) is 7.16. The highest BCUT2D eigenvalue weighted by Gasteiger charge is 2.16. The van der Waals surface area contributed by atoms with Gasteiger partial charge in [-0.15, -0.1) is 0 Å². The third kappa shape index (κ3) is 3.51. The van der Waals surface area contributed by atoms with E-state index in [-0.39, 0.29) is 11.5 Å². The molecule has 0 radical (unpaired) electrons. The van der Waals surface area contributed by atoms with Crippen molar-refractivity contribution < 1.29 is 0 Å². The zero-order chi connectivity index (χ0) is 20.5. The summed E-state index contributed by atoms with van der Waals surface area (Å²) >= 11 is 0. The summed E-state index contributed by atoms with van der Waals surface area (Å²) in [4.78, 5) is 26.1. The lowest BCUT2D eigenvalue weighted by Crippen LogP contribution is -2.16. The third-order valence-electron chi connectivity index (χ3n) is 5.23. The number of aromatic nitrogens is 5. The van der Waals surface area contributed by atoms with Gasteiger partial charge >= 0.3 is 0 Å². The molecule has 1 aromatic carbocycles. The van der Waals surface area contributed by atoms with Gasteiger partial charge in [-0.1, -0.05) is 37.3 Å². The average Bonchev–Trinajstić information content (AvgIpc) is 3.07.